The summed E-state index contributed by atoms with van der Waals surface area (Å²) in [6, 6.07) is 0. The standard InChI is InChI=1S/C20H39N3O.ClH/c1-4-5-6-7-8-9-10-11-12-13-14-15-16-17-18-19(21)20(24)23(3)22(18)2;/h4-17,21H2,1-3H3;1H. The molecule has 1 aromatic rings. The smallest absolute Gasteiger partial charge is 0.289 e. The van der Waals surface area contributed by atoms with Gasteiger partial charge in [-0.05, 0) is 12.8 Å². The van der Waals surface area contributed by atoms with Crippen LogP contribution in [0.25, 0.3) is 0 Å². The fraction of sp³-hybridized carbons (Fsp3) is 0.850. The molecule has 148 valence electrons. The maximum atomic E-state index is 11.8. The summed E-state index contributed by atoms with van der Waals surface area (Å²) in [5.74, 6) is 0. The Morgan fingerprint density at radius 3 is 1.48 bits per heavy atom. The minimum atomic E-state index is -0.0674. The summed E-state index contributed by atoms with van der Waals surface area (Å²) < 4.78 is 3.48. The summed E-state index contributed by atoms with van der Waals surface area (Å²) in [5.41, 5.74) is 7.25. The number of aromatic nitrogens is 2. The number of unbranched alkanes of at least 4 members (excludes halogenated alkanes) is 12. The second kappa shape index (κ2) is 14.3. The molecule has 0 aliphatic rings. The molecule has 0 radical (unpaired) electrons. The van der Waals surface area contributed by atoms with Crippen LogP contribution in [0.4, 0.5) is 5.69 Å². The van der Waals surface area contributed by atoms with Gasteiger partial charge in [-0.25, -0.2) is 0 Å². The molecule has 0 aliphatic heterocycles. The lowest BCUT2D eigenvalue weighted by Gasteiger charge is -2.06. The average molecular weight is 374 g/mol. The van der Waals surface area contributed by atoms with Crippen molar-refractivity contribution in [1.29, 1.82) is 0 Å². The van der Waals surface area contributed by atoms with Gasteiger partial charge in [-0.3, -0.25) is 14.2 Å². The summed E-state index contributed by atoms with van der Waals surface area (Å²) in [5, 5.41) is 0. The highest BCUT2D eigenvalue weighted by Crippen LogP contribution is 2.15. The fourth-order valence-corrected chi connectivity index (χ4v) is 3.40. The number of rotatable bonds is 14. The van der Waals surface area contributed by atoms with Crippen LogP contribution in [0.5, 0.6) is 0 Å². The molecule has 0 unspecified atom stereocenters. The first-order valence-corrected chi connectivity index (χ1v) is 10.1. The van der Waals surface area contributed by atoms with Gasteiger partial charge >= 0.3 is 0 Å². The van der Waals surface area contributed by atoms with Crippen LogP contribution in [-0.4, -0.2) is 9.36 Å². The van der Waals surface area contributed by atoms with E-state index in [0.717, 1.165) is 18.5 Å². The lowest BCUT2D eigenvalue weighted by Crippen LogP contribution is -2.18. The van der Waals surface area contributed by atoms with Crippen LogP contribution in [0, 0.1) is 0 Å². The summed E-state index contributed by atoms with van der Waals surface area (Å²) >= 11 is 0. The van der Waals surface area contributed by atoms with E-state index >= 15 is 0 Å². The van der Waals surface area contributed by atoms with E-state index in [1.54, 1.807) is 11.7 Å². The van der Waals surface area contributed by atoms with Crippen molar-refractivity contribution in [2.45, 2.75) is 96.8 Å². The molecule has 0 bridgehead atoms. The molecule has 25 heavy (non-hydrogen) atoms. The van der Waals surface area contributed by atoms with Crippen LogP contribution in [0.15, 0.2) is 4.79 Å². The Morgan fingerprint density at radius 1 is 0.720 bits per heavy atom. The van der Waals surface area contributed by atoms with E-state index in [9.17, 15) is 4.79 Å². The van der Waals surface area contributed by atoms with Crippen molar-refractivity contribution < 1.29 is 0 Å². The summed E-state index contributed by atoms with van der Waals surface area (Å²) in [6.45, 7) is 2.27. The zero-order valence-electron chi connectivity index (χ0n) is 16.7. The number of nitrogens with two attached hydrogens (primary N) is 1. The van der Waals surface area contributed by atoms with Crippen LogP contribution in [0.1, 0.15) is 96.1 Å². The lowest BCUT2D eigenvalue weighted by molar-refractivity contribution is 0.527. The number of nitrogens with zero attached hydrogens (tertiary/aromatic N) is 2. The summed E-state index contributed by atoms with van der Waals surface area (Å²) in [6.07, 6.45) is 18.6. The molecule has 5 heteroatoms. The highest BCUT2D eigenvalue weighted by molar-refractivity contribution is 5.85. The molecule has 0 aliphatic carbocycles. The Balaban J connectivity index is 0.00000576. The molecule has 0 fully saturated rings. The van der Waals surface area contributed by atoms with Gasteiger partial charge in [0.15, 0.2) is 0 Å². The molecular weight excluding hydrogens is 334 g/mol. The van der Waals surface area contributed by atoms with E-state index in [1.807, 2.05) is 11.7 Å². The third-order valence-corrected chi connectivity index (χ3v) is 5.19. The Kier molecular flexibility index (Phi) is 13.8. The molecule has 2 N–H and O–H groups in total. The minimum Gasteiger partial charge on any atom is -0.393 e. The van der Waals surface area contributed by atoms with E-state index in [4.69, 9.17) is 5.73 Å². The van der Waals surface area contributed by atoms with Crippen molar-refractivity contribution in [1.82, 2.24) is 9.36 Å². The molecule has 0 saturated carbocycles. The van der Waals surface area contributed by atoms with Gasteiger partial charge in [0.05, 0.1) is 5.69 Å². The van der Waals surface area contributed by atoms with Gasteiger partial charge in [-0.15, -0.1) is 12.4 Å². The Morgan fingerprint density at radius 2 is 1.12 bits per heavy atom. The third-order valence-electron chi connectivity index (χ3n) is 5.19. The Labute approximate surface area is 160 Å². The Hall–Kier alpha value is -0.900. The number of halogens is 1. The van der Waals surface area contributed by atoms with Crippen LogP contribution in [0.3, 0.4) is 0 Å². The van der Waals surface area contributed by atoms with Gasteiger partial charge < -0.3 is 5.73 Å². The number of hydrogen-bond acceptors (Lipinski definition) is 2. The normalized spacial score (nSPS) is 10.8. The average Bonchev–Trinajstić information content (AvgIpc) is 2.76. The van der Waals surface area contributed by atoms with Crippen LogP contribution < -0.4 is 11.3 Å². The quantitative estimate of drug-likeness (QED) is 0.446. The SMILES string of the molecule is CCCCCCCCCCCCCCCc1c(N)c(=O)n(C)n1C.Cl. The van der Waals surface area contributed by atoms with Crippen molar-refractivity contribution in [3.63, 3.8) is 0 Å². The molecule has 0 aromatic carbocycles. The molecule has 1 heterocycles. The fourth-order valence-electron chi connectivity index (χ4n) is 3.40. The van der Waals surface area contributed by atoms with Crippen LogP contribution >= 0.6 is 12.4 Å². The van der Waals surface area contributed by atoms with Crippen molar-refractivity contribution in [3.8, 4) is 0 Å². The zero-order valence-corrected chi connectivity index (χ0v) is 17.5. The van der Waals surface area contributed by atoms with Gasteiger partial charge in [0.25, 0.3) is 5.56 Å². The molecule has 0 amide bonds. The van der Waals surface area contributed by atoms with Crippen LogP contribution in [0.2, 0.25) is 0 Å². The van der Waals surface area contributed by atoms with Gasteiger partial charge in [-0.1, -0.05) is 84.0 Å². The second-order valence-corrected chi connectivity index (χ2v) is 7.21. The first kappa shape index (κ1) is 24.1. The highest BCUT2D eigenvalue weighted by atomic mass is 35.5. The van der Waals surface area contributed by atoms with Crippen molar-refractivity contribution in [2.24, 2.45) is 14.1 Å². The van der Waals surface area contributed by atoms with E-state index in [-0.39, 0.29) is 18.0 Å². The summed E-state index contributed by atoms with van der Waals surface area (Å²) in [7, 11) is 3.68. The van der Waals surface area contributed by atoms with Crippen LogP contribution in [-0.2, 0) is 20.5 Å². The molecule has 0 atom stereocenters. The predicted octanol–water partition coefficient (Wildman–Crippen LogP) is 5.36. The maximum absolute atomic E-state index is 11.8. The largest absolute Gasteiger partial charge is 0.393 e. The van der Waals surface area contributed by atoms with Crippen molar-refractivity contribution in [3.05, 3.63) is 16.0 Å². The molecule has 4 nitrogen and oxygen atoms in total. The maximum Gasteiger partial charge on any atom is 0.289 e. The number of nitrogen functional groups attached to an aromatic ring is 1. The van der Waals surface area contributed by atoms with E-state index < -0.39 is 0 Å². The van der Waals surface area contributed by atoms with E-state index in [1.165, 1.54) is 77.0 Å². The van der Waals surface area contributed by atoms with Gasteiger partial charge in [0, 0.05) is 14.1 Å². The minimum absolute atomic E-state index is 0. The molecule has 0 saturated heterocycles. The van der Waals surface area contributed by atoms with E-state index in [0.29, 0.717) is 5.69 Å². The third kappa shape index (κ3) is 8.84. The van der Waals surface area contributed by atoms with Gasteiger partial charge in [-0.2, -0.15) is 0 Å². The zero-order chi connectivity index (χ0) is 17.8. The molecular formula is C20H40ClN3O. The van der Waals surface area contributed by atoms with Gasteiger partial charge in [0.2, 0.25) is 0 Å². The molecule has 0 spiro atoms. The van der Waals surface area contributed by atoms with Crippen molar-refractivity contribution in [2.75, 3.05) is 5.73 Å². The first-order chi connectivity index (χ1) is 11.6. The number of hydrogen-bond donors (Lipinski definition) is 1. The highest BCUT2D eigenvalue weighted by Gasteiger charge is 2.11. The van der Waals surface area contributed by atoms with Gasteiger partial charge in [0.1, 0.15) is 5.69 Å². The predicted molar refractivity (Wildman–Crippen MR) is 112 cm³/mol. The van der Waals surface area contributed by atoms with E-state index in [2.05, 4.69) is 6.92 Å². The first-order valence-electron chi connectivity index (χ1n) is 10.1. The lowest BCUT2D eigenvalue weighted by atomic mass is 10.0. The monoisotopic (exact) mass is 373 g/mol. The topological polar surface area (TPSA) is 53.0 Å². The molecule has 1 rings (SSSR count). The Bertz CT molecular complexity index is 508. The molecule has 1 aromatic heterocycles. The second-order valence-electron chi connectivity index (χ2n) is 7.21. The van der Waals surface area contributed by atoms with Crippen molar-refractivity contribution >= 4 is 18.1 Å². The number of anilines is 1. The summed E-state index contributed by atoms with van der Waals surface area (Å²) in [4.78, 5) is 11.8.